The normalized spacial score (nSPS) is 19.7. The summed E-state index contributed by atoms with van der Waals surface area (Å²) in [5, 5.41) is 8.74. The van der Waals surface area contributed by atoms with Gasteiger partial charge in [-0.05, 0) is 30.7 Å². The van der Waals surface area contributed by atoms with Crippen LogP contribution < -0.4 is 0 Å². The average molecular weight is 251 g/mol. The molecule has 1 unspecified atom stereocenters. The van der Waals surface area contributed by atoms with Crippen molar-refractivity contribution in [3.05, 3.63) is 29.8 Å². The smallest absolute Gasteiger partial charge is 0.335 e. The Hall–Kier alpha value is -1.49. The highest BCUT2D eigenvalue weighted by Crippen LogP contribution is 2.30. The lowest BCUT2D eigenvalue weighted by atomic mass is 10.2. The van der Waals surface area contributed by atoms with Crippen LogP contribution >= 0.6 is 11.8 Å². The fourth-order valence-corrected chi connectivity index (χ4v) is 2.87. The molecule has 0 saturated carbocycles. The van der Waals surface area contributed by atoms with Crippen LogP contribution in [-0.2, 0) is 4.79 Å². The Morgan fingerprint density at radius 1 is 1.41 bits per heavy atom. The van der Waals surface area contributed by atoms with E-state index in [2.05, 4.69) is 0 Å². The minimum Gasteiger partial charge on any atom is -0.478 e. The van der Waals surface area contributed by atoms with Crippen molar-refractivity contribution in [2.45, 2.75) is 16.6 Å². The number of carbonyl (C=O) groups is 2. The lowest BCUT2D eigenvalue weighted by Gasteiger charge is -2.09. The molecule has 1 N–H and O–H groups in total. The number of thioether (sulfide) groups is 1. The van der Waals surface area contributed by atoms with Gasteiger partial charge < -0.3 is 10.0 Å². The minimum atomic E-state index is -0.932. The van der Waals surface area contributed by atoms with E-state index in [1.807, 2.05) is 0 Å². The molecule has 1 aliphatic rings. The van der Waals surface area contributed by atoms with E-state index in [9.17, 15) is 9.59 Å². The molecule has 90 valence electrons. The van der Waals surface area contributed by atoms with Crippen LogP contribution in [0.3, 0.4) is 0 Å². The summed E-state index contributed by atoms with van der Waals surface area (Å²) >= 11 is 1.50. The molecule has 1 amide bonds. The van der Waals surface area contributed by atoms with Crippen molar-refractivity contribution in [3.8, 4) is 0 Å². The topological polar surface area (TPSA) is 57.6 Å². The van der Waals surface area contributed by atoms with Crippen molar-refractivity contribution >= 4 is 23.6 Å². The molecule has 5 heteroatoms. The van der Waals surface area contributed by atoms with Crippen LogP contribution in [0.15, 0.2) is 29.2 Å². The van der Waals surface area contributed by atoms with E-state index in [0.29, 0.717) is 0 Å². The first-order chi connectivity index (χ1) is 8.08. The molecule has 1 fully saturated rings. The average Bonchev–Trinajstić information content (AvgIpc) is 2.62. The van der Waals surface area contributed by atoms with E-state index < -0.39 is 5.97 Å². The quantitative estimate of drug-likeness (QED) is 0.888. The van der Waals surface area contributed by atoms with E-state index >= 15 is 0 Å². The fraction of sp³-hybridized carbons (Fsp3) is 0.333. The van der Waals surface area contributed by atoms with Gasteiger partial charge in [-0.25, -0.2) is 4.79 Å². The predicted molar refractivity (Wildman–Crippen MR) is 65.3 cm³/mol. The Bertz CT molecular complexity index is 444. The van der Waals surface area contributed by atoms with Crippen LogP contribution in [0.5, 0.6) is 0 Å². The lowest BCUT2D eigenvalue weighted by molar-refractivity contribution is -0.126. The van der Waals surface area contributed by atoms with Crippen molar-refractivity contribution in [1.82, 2.24) is 4.90 Å². The molecule has 0 radical (unpaired) electrons. The molecule has 1 atom stereocenters. The number of aromatic carboxylic acids is 1. The van der Waals surface area contributed by atoms with Gasteiger partial charge in [0.1, 0.15) is 0 Å². The third-order valence-electron chi connectivity index (χ3n) is 2.76. The van der Waals surface area contributed by atoms with E-state index in [4.69, 9.17) is 5.11 Å². The summed E-state index contributed by atoms with van der Waals surface area (Å²) in [6.45, 7) is 0.795. The van der Waals surface area contributed by atoms with E-state index in [1.165, 1.54) is 11.8 Å². The number of rotatable bonds is 3. The van der Waals surface area contributed by atoms with Gasteiger partial charge in [-0.2, -0.15) is 0 Å². The maximum absolute atomic E-state index is 11.7. The molecule has 4 nitrogen and oxygen atoms in total. The monoisotopic (exact) mass is 251 g/mol. The molecule has 0 spiro atoms. The van der Waals surface area contributed by atoms with Crippen molar-refractivity contribution in [2.75, 3.05) is 13.6 Å². The van der Waals surface area contributed by atoms with Crippen LogP contribution in [0.4, 0.5) is 0 Å². The summed E-state index contributed by atoms with van der Waals surface area (Å²) in [6, 6.07) is 6.63. The molecule has 1 aromatic carbocycles. The molecule has 1 saturated heterocycles. The van der Waals surface area contributed by atoms with Crippen molar-refractivity contribution < 1.29 is 14.7 Å². The minimum absolute atomic E-state index is 0.0318. The lowest BCUT2D eigenvalue weighted by Crippen LogP contribution is -2.23. The maximum atomic E-state index is 11.7. The zero-order chi connectivity index (χ0) is 12.4. The second-order valence-corrected chi connectivity index (χ2v) is 5.26. The van der Waals surface area contributed by atoms with E-state index in [0.717, 1.165) is 17.9 Å². The fourth-order valence-electron chi connectivity index (χ4n) is 1.74. The maximum Gasteiger partial charge on any atom is 0.335 e. The van der Waals surface area contributed by atoms with Gasteiger partial charge in [-0.15, -0.1) is 11.8 Å². The molecule has 0 aliphatic carbocycles. The van der Waals surface area contributed by atoms with Gasteiger partial charge in [-0.1, -0.05) is 0 Å². The molecule has 0 bridgehead atoms. The largest absolute Gasteiger partial charge is 0.478 e. The highest BCUT2D eigenvalue weighted by atomic mass is 32.2. The summed E-state index contributed by atoms with van der Waals surface area (Å²) < 4.78 is 0. The first-order valence-corrected chi connectivity index (χ1v) is 6.21. The van der Waals surface area contributed by atoms with E-state index in [1.54, 1.807) is 36.2 Å². The number of hydrogen-bond acceptors (Lipinski definition) is 3. The molecule has 1 heterocycles. The molecule has 1 aromatic rings. The predicted octanol–water partition coefficient (Wildman–Crippen LogP) is 1.71. The van der Waals surface area contributed by atoms with Crippen molar-refractivity contribution in [1.29, 1.82) is 0 Å². The van der Waals surface area contributed by atoms with Crippen LogP contribution in [0.2, 0.25) is 0 Å². The standard InChI is InChI=1S/C12H13NO3S/c1-13-7-6-10(11(13)14)17-9-4-2-8(3-5-9)12(15)16/h2-5,10H,6-7H2,1H3,(H,15,16). The number of nitrogens with zero attached hydrogens (tertiary/aromatic N) is 1. The summed E-state index contributed by atoms with van der Waals surface area (Å²) in [5.41, 5.74) is 0.268. The molecular formula is C12H13NO3S. The van der Waals surface area contributed by atoms with Gasteiger partial charge >= 0.3 is 5.97 Å². The Kier molecular flexibility index (Phi) is 3.38. The number of carbonyl (C=O) groups excluding carboxylic acids is 1. The van der Waals surface area contributed by atoms with Crippen LogP contribution in [0.25, 0.3) is 0 Å². The Balaban J connectivity index is 2.04. The number of hydrogen-bond donors (Lipinski definition) is 1. The first kappa shape index (κ1) is 12.0. The Morgan fingerprint density at radius 3 is 2.53 bits per heavy atom. The Labute approximate surface area is 104 Å². The SMILES string of the molecule is CN1CCC(Sc2ccc(C(=O)O)cc2)C1=O. The second kappa shape index (κ2) is 4.79. The van der Waals surface area contributed by atoms with Crippen molar-refractivity contribution in [2.24, 2.45) is 0 Å². The highest BCUT2D eigenvalue weighted by Gasteiger charge is 2.29. The molecule has 2 rings (SSSR count). The number of amides is 1. The van der Waals surface area contributed by atoms with Crippen molar-refractivity contribution in [3.63, 3.8) is 0 Å². The molecule has 0 aromatic heterocycles. The zero-order valence-electron chi connectivity index (χ0n) is 9.42. The zero-order valence-corrected chi connectivity index (χ0v) is 10.2. The van der Waals surface area contributed by atoms with Gasteiger partial charge in [0.15, 0.2) is 0 Å². The summed E-state index contributed by atoms with van der Waals surface area (Å²) in [5.74, 6) is -0.782. The molecule has 17 heavy (non-hydrogen) atoms. The van der Waals surface area contributed by atoms with Gasteiger partial charge in [0, 0.05) is 18.5 Å². The summed E-state index contributed by atoms with van der Waals surface area (Å²) in [6.07, 6.45) is 0.848. The van der Waals surface area contributed by atoms with Gasteiger partial charge in [-0.3, -0.25) is 4.79 Å². The number of carboxylic acid groups (broad SMARTS) is 1. The first-order valence-electron chi connectivity index (χ1n) is 5.33. The number of benzene rings is 1. The van der Waals surface area contributed by atoms with Crippen LogP contribution in [-0.4, -0.2) is 40.7 Å². The van der Waals surface area contributed by atoms with Gasteiger partial charge in [0.25, 0.3) is 0 Å². The number of likely N-dealkylation sites (tertiary alicyclic amines) is 1. The van der Waals surface area contributed by atoms with Crippen LogP contribution in [0, 0.1) is 0 Å². The Morgan fingerprint density at radius 2 is 2.06 bits per heavy atom. The molecular weight excluding hydrogens is 238 g/mol. The summed E-state index contributed by atoms with van der Waals surface area (Å²) in [7, 11) is 1.80. The highest BCUT2D eigenvalue weighted by molar-refractivity contribution is 8.00. The molecule has 1 aliphatic heterocycles. The van der Waals surface area contributed by atoms with Gasteiger partial charge in [0.05, 0.1) is 10.8 Å². The third-order valence-corrected chi connectivity index (χ3v) is 4.02. The van der Waals surface area contributed by atoms with Crippen LogP contribution in [0.1, 0.15) is 16.8 Å². The summed E-state index contributed by atoms with van der Waals surface area (Å²) in [4.78, 5) is 25.0. The third kappa shape index (κ3) is 2.61. The number of carboxylic acids is 1. The van der Waals surface area contributed by atoms with Gasteiger partial charge in [0.2, 0.25) is 5.91 Å². The van der Waals surface area contributed by atoms with E-state index in [-0.39, 0.29) is 16.7 Å². The second-order valence-electron chi connectivity index (χ2n) is 3.98.